The van der Waals surface area contributed by atoms with Crippen molar-refractivity contribution in [3.05, 3.63) is 33.6 Å². The van der Waals surface area contributed by atoms with Crippen LogP contribution in [0.5, 0.6) is 0 Å². The first kappa shape index (κ1) is 16.1. The van der Waals surface area contributed by atoms with Crippen LogP contribution in [0.4, 0.5) is 0 Å². The highest BCUT2D eigenvalue weighted by Crippen LogP contribution is 2.19. The van der Waals surface area contributed by atoms with Gasteiger partial charge in [-0.15, -0.1) is 11.3 Å². The Hall–Kier alpha value is -2.26. The van der Waals surface area contributed by atoms with E-state index in [0.717, 1.165) is 11.3 Å². The SMILES string of the molecule is COC(C)c1noc(CN(C)C(=O)c2ccc(C(=O)O)s2)n1. The van der Waals surface area contributed by atoms with E-state index in [4.69, 9.17) is 14.4 Å². The first-order valence-electron chi connectivity index (χ1n) is 6.36. The standard InChI is InChI=1S/C13H15N3O5S/c1-7(20-3)11-14-10(21-15-11)6-16(2)12(17)8-4-5-9(22-8)13(18)19/h4-5,7H,6H2,1-3H3,(H,18,19). The van der Waals surface area contributed by atoms with Crippen LogP contribution in [-0.2, 0) is 11.3 Å². The van der Waals surface area contributed by atoms with Gasteiger partial charge in [0.25, 0.3) is 5.91 Å². The Labute approximate surface area is 130 Å². The second kappa shape index (κ2) is 6.67. The Morgan fingerprint density at radius 2 is 2.14 bits per heavy atom. The van der Waals surface area contributed by atoms with Gasteiger partial charge in [-0.05, 0) is 19.1 Å². The van der Waals surface area contributed by atoms with Gasteiger partial charge in [0.2, 0.25) is 5.89 Å². The molecule has 0 aliphatic rings. The molecule has 1 atom stereocenters. The lowest BCUT2D eigenvalue weighted by molar-refractivity contribution is 0.0701. The molecule has 0 aliphatic heterocycles. The number of thiophene rings is 1. The van der Waals surface area contributed by atoms with Gasteiger partial charge in [0.1, 0.15) is 17.5 Å². The predicted octanol–water partition coefficient (Wildman–Crippen LogP) is 1.81. The number of carbonyl (C=O) groups is 2. The highest BCUT2D eigenvalue weighted by molar-refractivity contribution is 7.15. The van der Waals surface area contributed by atoms with E-state index in [1.165, 1.54) is 24.1 Å². The first-order valence-corrected chi connectivity index (χ1v) is 7.18. The van der Waals surface area contributed by atoms with Gasteiger partial charge in [0, 0.05) is 14.2 Å². The summed E-state index contributed by atoms with van der Waals surface area (Å²) in [6, 6.07) is 2.89. The number of amides is 1. The lowest BCUT2D eigenvalue weighted by Gasteiger charge is -2.13. The highest BCUT2D eigenvalue weighted by Gasteiger charge is 2.20. The van der Waals surface area contributed by atoms with E-state index >= 15 is 0 Å². The molecular formula is C13H15N3O5S. The van der Waals surface area contributed by atoms with Gasteiger partial charge in [-0.2, -0.15) is 4.98 Å². The van der Waals surface area contributed by atoms with Gasteiger partial charge in [0.05, 0.1) is 4.88 Å². The minimum atomic E-state index is -1.05. The number of rotatable bonds is 6. The average Bonchev–Trinajstić information content (AvgIpc) is 3.14. The summed E-state index contributed by atoms with van der Waals surface area (Å²) < 4.78 is 10.1. The fourth-order valence-corrected chi connectivity index (χ4v) is 2.47. The molecule has 0 saturated carbocycles. The van der Waals surface area contributed by atoms with Crippen molar-refractivity contribution >= 4 is 23.2 Å². The van der Waals surface area contributed by atoms with Crippen LogP contribution in [0.2, 0.25) is 0 Å². The van der Waals surface area contributed by atoms with E-state index in [0.29, 0.717) is 10.7 Å². The molecule has 0 aromatic carbocycles. The summed E-state index contributed by atoms with van der Waals surface area (Å²) in [5, 5.41) is 12.6. The fraction of sp³-hybridized carbons (Fsp3) is 0.385. The smallest absolute Gasteiger partial charge is 0.345 e. The molecule has 0 spiro atoms. The molecule has 118 valence electrons. The Morgan fingerprint density at radius 1 is 1.45 bits per heavy atom. The predicted molar refractivity (Wildman–Crippen MR) is 76.8 cm³/mol. The monoisotopic (exact) mass is 325 g/mol. The molecule has 0 aliphatic carbocycles. The third-order valence-electron chi connectivity index (χ3n) is 2.95. The number of aromatic nitrogens is 2. The lowest BCUT2D eigenvalue weighted by atomic mass is 10.3. The molecular weight excluding hydrogens is 310 g/mol. The molecule has 2 aromatic rings. The van der Waals surface area contributed by atoms with Crippen molar-refractivity contribution in [1.82, 2.24) is 15.0 Å². The molecule has 1 amide bonds. The van der Waals surface area contributed by atoms with Gasteiger partial charge >= 0.3 is 5.97 Å². The minimum Gasteiger partial charge on any atom is -0.477 e. The topological polar surface area (TPSA) is 106 Å². The van der Waals surface area contributed by atoms with Crippen LogP contribution in [0.1, 0.15) is 44.1 Å². The zero-order valence-corrected chi connectivity index (χ0v) is 13.1. The molecule has 2 heterocycles. The summed E-state index contributed by atoms with van der Waals surface area (Å²) in [5.74, 6) is -0.675. The number of carboxylic acids is 1. The Kier molecular flexibility index (Phi) is 4.88. The third-order valence-corrected chi connectivity index (χ3v) is 4.01. The Bertz CT molecular complexity index is 681. The van der Waals surface area contributed by atoms with Gasteiger partial charge in [-0.3, -0.25) is 4.79 Å². The van der Waals surface area contributed by atoms with Gasteiger partial charge < -0.3 is 19.3 Å². The largest absolute Gasteiger partial charge is 0.477 e. The maximum Gasteiger partial charge on any atom is 0.345 e. The van der Waals surface area contributed by atoms with E-state index in [2.05, 4.69) is 10.1 Å². The zero-order valence-electron chi connectivity index (χ0n) is 12.3. The number of hydrogen-bond acceptors (Lipinski definition) is 7. The van der Waals surface area contributed by atoms with Crippen molar-refractivity contribution in [2.75, 3.05) is 14.2 Å². The Morgan fingerprint density at radius 3 is 2.73 bits per heavy atom. The van der Waals surface area contributed by atoms with Crippen molar-refractivity contribution in [2.24, 2.45) is 0 Å². The number of nitrogens with zero attached hydrogens (tertiary/aromatic N) is 3. The molecule has 8 nitrogen and oxygen atoms in total. The highest BCUT2D eigenvalue weighted by atomic mass is 32.1. The van der Waals surface area contributed by atoms with Crippen LogP contribution in [0.25, 0.3) is 0 Å². The van der Waals surface area contributed by atoms with Crippen molar-refractivity contribution in [1.29, 1.82) is 0 Å². The van der Waals surface area contributed by atoms with Crippen LogP contribution in [0, 0.1) is 0 Å². The van der Waals surface area contributed by atoms with Crippen molar-refractivity contribution in [2.45, 2.75) is 19.6 Å². The molecule has 9 heteroatoms. The lowest BCUT2D eigenvalue weighted by Crippen LogP contribution is -2.25. The second-order valence-corrected chi connectivity index (χ2v) is 5.64. The number of carboxylic acid groups (broad SMARTS) is 1. The quantitative estimate of drug-likeness (QED) is 0.863. The van der Waals surface area contributed by atoms with Crippen LogP contribution in [-0.4, -0.2) is 46.2 Å². The van der Waals surface area contributed by atoms with Crippen LogP contribution >= 0.6 is 11.3 Å². The van der Waals surface area contributed by atoms with E-state index < -0.39 is 5.97 Å². The normalized spacial score (nSPS) is 12.1. The first-order chi connectivity index (χ1) is 10.4. The minimum absolute atomic E-state index is 0.116. The summed E-state index contributed by atoms with van der Waals surface area (Å²) >= 11 is 0.924. The molecule has 0 saturated heterocycles. The molecule has 1 N–H and O–H groups in total. The summed E-state index contributed by atoms with van der Waals surface area (Å²) in [4.78, 5) is 29.0. The summed E-state index contributed by atoms with van der Waals surface area (Å²) in [6.07, 6.45) is -0.297. The molecule has 0 fully saturated rings. The molecule has 0 bridgehead atoms. The van der Waals surface area contributed by atoms with E-state index in [9.17, 15) is 9.59 Å². The van der Waals surface area contributed by atoms with Crippen molar-refractivity contribution in [3.63, 3.8) is 0 Å². The van der Waals surface area contributed by atoms with E-state index in [-0.39, 0.29) is 29.3 Å². The number of methoxy groups -OCH3 is 1. The maximum atomic E-state index is 12.2. The average molecular weight is 325 g/mol. The summed E-state index contributed by atoms with van der Waals surface area (Å²) in [7, 11) is 3.11. The fourth-order valence-electron chi connectivity index (χ4n) is 1.63. The van der Waals surface area contributed by atoms with Crippen LogP contribution < -0.4 is 0 Å². The third kappa shape index (κ3) is 3.49. The van der Waals surface area contributed by atoms with Crippen LogP contribution in [0.15, 0.2) is 16.7 Å². The summed E-state index contributed by atoms with van der Waals surface area (Å²) in [6.45, 7) is 1.91. The van der Waals surface area contributed by atoms with Gasteiger partial charge in [0.15, 0.2) is 5.82 Å². The maximum absolute atomic E-state index is 12.2. The second-order valence-electron chi connectivity index (χ2n) is 4.55. The van der Waals surface area contributed by atoms with Crippen molar-refractivity contribution in [3.8, 4) is 0 Å². The van der Waals surface area contributed by atoms with Gasteiger partial charge in [-0.25, -0.2) is 4.79 Å². The molecule has 2 rings (SSSR count). The molecule has 0 radical (unpaired) electrons. The van der Waals surface area contributed by atoms with E-state index in [1.807, 2.05) is 0 Å². The van der Waals surface area contributed by atoms with Gasteiger partial charge in [-0.1, -0.05) is 5.16 Å². The van der Waals surface area contributed by atoms with Crippen LogP contribution in [0.3, 0.4) is 0 Å². The zero-order chi connectivity index (χ0) is 16.3. The number of hydrogen-bond donors (Lipinski definition) is 1. The molecule has 2 aromatic heterocycles. The summed E-state index contributed by atoms with van der Waals surface area (Å²) in [5.41, 5.74) is 0. The van der Waals surface area contributed by atoms with Crippen molar-refractivity contribution < 1.29 is 24.0 Å². The van der Waals surface area contributed by atoms with E-state index in [1.54, 1.807) is 14.0 Å². The molecule has 22 heavy (non-hydrogen) atoms. The number of carbonyl (C=O) groups excluding carboxylic acids is 1. The Balaban J connectivity index is 2.04. The molecule has 1 unspecified atom stereocenters. The number of ether oxygens (including phenoxy) is 1. The number of aromatic carboxylic acids is 1.